The van der Waals surface area contributed by atoms with Crippen LogP contribution in [0, 0.1) is 3.57 Å². The number of hydrogen-bond acceptors (Lipinski definition) is 2. The number of aromatic nitrogens is 2. The Morgan fingerprint density at radius 2 is 2.18 bits per heavy atom. The van der Waals surface area contributed by atoms with Gasteiger partial charge >= 0.3 is 0 Å². The first kappa shape index (κ1) is 11.1. The fourth-order valence-corrected chi connectivity index (χ4v) is 2.95. The van der Waals surface area contributed by atoms with Gasteiger partial charge in [-0.15, -0.1) is 0 Å². The van der Waals surface area contributed by atoms with Crippen LogP contribution in [-0.2, 0) is 6.42 Å². The summed E-state index contributed by atoms with van der Waals surface area (Å²) in [6.45, 7) is 0. The van der Waals surface area contributed by atoms with E-state index in [-0.39, 0.29) is 0 Å². The van der Waals surface area contributed by atoms with Crippen molar-refractivity contribution in [3.8, 4) is 0 Å². The van der Waals surface area contributed by atoms with Crippen molar-refractivity contribution in [2.75, 3.05) is 5.73 Å². The molecule has 1 atom stereocenters. The number of nitrogens with two attached hydrogens (primary N) is 1. The average molecular weight is 339 g/mol. The SMILES string of the molecule is Nc1c(I)cnn1C1CCCc2ccccc21. The number of hydrogen-bond donors (Lipinski definition) is 1. The highest BCUT2D eigenvalue weighted by Gasteiger charge is 2.23. The third-order valence-electron chi connectivity index (χ3n) is 3.42. The molecule has 1 aliphatic rings. The molecule has 1 aromatic heterocycles. The molecule has 0 radical (unpaired) electrons. The maximum absolute atomic E-state index is 6.08. The zero-order valence-corrected chi connectivity index (χ0v) is 11.6. The highest BCUT2D eigenvalue weighted by Crippen LogP contribution is 2.34. The van der Waals surface area contributed by atoms with Gasteiger partial charge in [-0.1, -0.05) is 24.3 Å². The molecule has 3 rings (SSSR count). The van der Waals surface area contributed by atoms with Gasteiger partial charge in [0.1, 0.15) is 5.82 Å². The largest absolute Gasteiger partial charge is 0.383 e. The van der Waals surface area contributed by atoms with Gasteiger partial charge in [0.2, 0.25) is 0 Å². The lowest BCUT2D eigenvalue weighted by Gasteiger charge is -2.26. The summed E-state index contributed by atoms with van der Waals surface area (Å²) in [6.07, 6.45) is 5.34. The molecular weight excluding hydrogens is 325 g/mol. The molecule has 0 bridgehead atoms. The van der Waals surface area contributed by atoms with E-state index in [1.54, 1.807) is 0 Å². The molecule has 88 valence electrons. The van der Waals surface area contributed by atoms with Crippen LogP contribution >= 0.6 is 22.6 Å². The number of aryl methyl sites for hydroxylation is 1. The predicted molar refractivity (Wildman–Crippen MR) is 76.9 cm³/mol. The molecule has 4 heteroatoms. The molecule has 2 aromatic rings. The Morgan fingerprint density at radius 3 is 2.94 bits per heavy atom. The maximum Gasteiger partial charge on any atom is 0.135 e. The minimum atomic E-state index is 0.309. The summed E-state index contributed by atoms with van der Waals surface area (Å²) in [7, 11) is 0. The summed E-state index contributed by atoms with van der Waals surface area (Å²) in [5.74, 6) is 0.785. The van der Waals surface area contributed by atoms with Crippen LogP contribution in [0.3, 0.4) is 0 Å². The van der Waals surface area contributed by atoms with Crippen molar-refractivity contribution in [3.63, 3.8) is 0 Å². The normalized spacial score (nSPS) is 19.0. The van der Waals surface area contributed by atoms with Crippen molar-refractivity contribution in [1.29, 1.82) is 0 Å². The van der Waals surface area contributed by atoms with Crippen LogP contribution in [0.1, 0.15) is 30.0 Å². The fraction of sp³-hybridized carbons (Fsp3) is 0.308. The van der Waals surface area contributed by atoms with Gasteiger partial charge in [0.05, 0.1) is 15.8 Å². The summed E-state index contributed by atoms with van der Waals surface area (Å²) in [6, 6.07) is 8.93. The quantitative estimate of drug-likeness (QED) is 0.812. The first-order valence-corrected chi connectivity index (χ1v) is 6.91. The molecule has 0 amide bonds. The van der Waals surface area contributed by atoms with Crippen LogP contribution in [0.25, 0.3) is 0 Å². The number of anilines is 1. The van der Waals surface area contributed by atoms with Gasteiger partial charge in [0.25, 0.3) is 0 Å². The van der Waals surface area contributed by atoms with E-state index in [0.29, 0.717) is 6.04 Å². The Kier molecular flexibility index (Phi) is 2.82. The lowest BCUT2D eigenvalue weighted by Crippen LogP contribution is -2.19. The number of rotatable bonds is 1. The predicted octanol–water partition coefficient (Wildman–Crippen LogP) is 3.00. The van der Waals surface area contributed by atoms with Gasteiger partial charge in [-0.05, 0) is 53.0 Å². The van der Waals surface area contributed by atoms with E-state index in [4.69, 9.17) is 5.73 Å². The second kappa shape index (κ2) is 4.33. The van der Waals surface area contributed by atoms with Crippen molar-refractivity contribution in [2.24, 2.45) is 0 Å². The molecule has 1 aromatic carbocycles. The number of nitrogens with zero attached hydrogens (tertiary/aromatic N) is 2. The van der Waals surface area contributed by atoms with E-state index in [1.165, 1.54) is 24.0 Å². The molecule has 2 N–H and O–H groups in total. The van der Waals surface area contributed by atoms with Crippen LogP contribution in [0.15, 0.2) is 30.5 Å². The van der Waals surface area contributed by atoms with Crippen molar-refractivity contribution >= 4 is 28.4 Å². The standard InChI is InChI=1S/C13H14IN3/c14-11-8-16-17(13(11)15)12-7-3-5-9-4-1-2-6-10(9)12/h1-2,4,6,8,12H,3,5,7,15H2. The topological polar surface area (TPSA) is 43.8 Å². The molecular formula is C13H14IN3. The summed E-state index contributed by atoms with van der Waals surface area (Å²) in [4.78, 5) is 0. The van der Waals surface area contributed by atoms with E-state index in [9.17, 15) is 0 Å². The van der Waals surface area contributed by atoms with Crippen LogP contribution < -0.4 is 5.73 Å². The molecule has 1 heterocycles. The minimum Gasteiger partial charge on any atom is -0.383 e. The third kappa shape index (κ3) is 1.84. The molecule has 0 saturated carbocycles. The smallest absolute Gasteiger partial charge is 0.135 e. The Labute approximate surface area is 114 Å². The van der Waals surface area contributed by atoms with Gasteiger partial charge in [0.15, 0.2) is 0 Å². The van der Waals surface area contributed by atoms with E-state index in [1.807, 2.05) is 10.9 Å². The number of halogens is 1. The zero-order valence-electron chi connectivity index (χ0n) is 9.44. The monoisotopic (exact) mass is 339 g/mol. The summed E-state index contributed by atoms with van der Waals surface area (Å²) in [5.41, 5.74) is 8.90. The van der Waals surface area contributed by atoms with Gasteiger partial charge in [0, 0.05) is 0 Å². The van der Waals surface area contributed by atoms with Crippen LogP contribution in [0.2, 0.25) is 0 Å². The van der Waals surface area contributed by atoms with Gasteiger partial charge < -0.3 is 5.73 Å². The number of fused-ring (bicyclic) bond motifs is 1. The van der Waals surface area contributed by atoms with Crippen molar-refractivity contribution in [1.82, 2.24) is 9.78 Å². The average Bonchev–Trinajstić information content (AvgIpc) is 2.69. The Morgan fingerprint density at radius 1 is 1.35 bits per heavy atom. The molecule has 0 aliphatic heterocycles. The second-order valence-corrected chi connectivity index (χ2v) is 5.59. The molecule has 0 spiro atoms. The summed E-state index contributed by atoms with van der Waals surface area (Å²) in [5, 5.41) is 4.42. The maximum atomic E-state index is 6.08. The van der Waals surface area contributed by atoms with Gasteiger partial charge in [-0.2, -0.15) is 5.10 Å². The van der Waals surface area contributed by atoms with Crippen LogP contribution in [0.4, 0.5) is 5.82 Å². The van der Waals surface area contributed by atoms with Crippen LogP contribution in [-0.4, -0.2) is 9.78 Å². The third-order valence-corrected chi connectivity index (χ3v) is 4.25. The van der Waals surface area contributed by atoms with Gasteiger partial charge in [-0.25, -0.2) is 4.68 Å². The van der Waals surface area contributed by atoms with Gasteiger partial charge in [-0.3, -0.25) is 0 Å². The highest BCUT2D eigenvalue weighted by atomic mass is 127. The van der Waals surface area contributed by atoms with Crippen LogP contribution in [0.5, 0.6) is 0 Å². The lowest BCUT2D eigenvalue weighted by molar-refractivity contribution is 0.456. The highest BCUT2D eigenvalue weighted by molar-refractivity contribution is 14.1. The molecule has 0 saturated heterocycles. The van der Waals surface area contributed by atoms with E-state index in [0.717, 1.165) is 15.8 Å². The summed E-state index contributed by atoms with van der Waals surface area (Å²) < 4.78 is 3.01. The van der Waals surface area contributed by atoms with Crippen molar-refractivity contribution in [3.05, 3.63) is 45.2 Å². The first-order valence-electron chi connectivity index (χ1n) is 5.83. The Balaban J connectivity index is 2.09. The molecule has 17 heavy (non-hydrogen) atoms. The minimum absolute atomic E-state index is 0.309. The zero-order chi connectivity index (χ0) is 11.8. The Bertz CT molecular complexity index is 547. The fourth-order valence-electron chi connectivity index (χ4n) is 2.58. The number of benzene rings is 1. The lowest BCUT2D eigenvalue weighted by atomic mass is 9.88. The van der Waals surface area contributed by atoms with Crippen molar-refractivity contribution < 1.29 is 0 Å². The second-order valence-electron chi connectivity index (χ2n) is 4.43. The van der Waals surface area contributed by atoms with Crippen molar-refractivity contribution in [2.45, 2.75) is 25.3 Å². The first-order chi connectivity index (χ1) is 8.27. The number of nitrogen functional groups attached to an aromatic ring is 1. The Hall–Kier alpha value is -1.04. The van der Waals surface area contributed by atoms with E-state index < -0.39 is 0 Å². The molecule has 0 fully saturated rings. The molecule has 1 unspecified atom stereocenters. The molecule has 1 aliphatic carbocycles. The van der Waals surface area contributed by atoms with E-state index >= 15 is 0 Å². The molecule has 3 nitrogen and oxygen atoms in total. The van der Waals surface area contributed by atoms with E-state index in [2.05, 4.69) is 52.0 Å². The summed E-state index contributed by atoms with van der Waals surface area (Å²) >= 11 is 2.23.